The van der Waals surface area contributed by atoms with Gasteiger partial charge in [-0.25, -0.2) is 4.98 Å². The second kappa shape index (κ2) is 8.86. The zero-order chi connectivity index (χ0) is 24.0. The molecule has 6 nitrogen and oxygen atoms in total. The Labute approximate surface area is 207 Å². The van der Waals surface area contributed by atoms with Gasteiger partial charge in [-0.2, -0.15) is 5.26 Å². The Bertz CT molecular complexity index is 1400. The Morgan fingerprint density at radius 3 is 2.76 bits per heavy atom. The van der Waals surface area contributed by atoms with Crippen LogP contribution in [0, 0.1) is 31.1 Å². The van der Waals surface area contributed by atoms with E-state index in [-0.39, 0.29) is 23.1 Å². The Balaban J connectivity index is 1.54. The number of carbonyl (C=O) groups is 1. The molecule has 1 saturated carbocycles. The third kappa shape index (κ3) is 4.16. The smallest absolute Gasteiger partial charge is 0.267 e. The molecule has 1 fully saturated rings. The molecular formula is C26H28N4O2S2. The molecule has 0 radical (unpaired) electrons. The highest BCUT2D eigenvalue weighted by molar-refractivity contribution is 7.99. The first-order valence-corrected chi connectivity index (χ1v) is 13.6. The molecule has 2 aliphatic carbocycles. The number of benzene rings is 1. The van der Waals surface area contributed by atoms with Crippen LogP contribution in [-0.2, 0) is 17.6 Å². The number of nitrogens with one attached hydrogen (secondary N) is 1. The molecule has 1 aromatic carbocycles. The lowest BCUT2D eigenvalue weighted by molar-refractivity contribution is -0.119. The number of fused-ring (bicyclic) bond motifs is 3. The van der Waals surface area contributed by atoms with Crippen LogP contribution in [0.4, 0.5) is 0 Å². The van der Waals surface area contributed by atoms with E-state index in [1.807, 2.05) is 32.0 Å². The SMILES string of the molecule is Cc1ccc(-n2c(SCC(=O)NC(C)(C#N)C3CC3)nc3sc4c(c3c2=O)CCCC4)cc1C. The number of nitrogens with zero attached hydrogens (tertiary/aromatic N) is 3. The molecule has 8 heteroatoms. The lowest BCUT2D eigenvalue weighted by atomic mass is 9.97. The molecule has 0 aliphatic heterocycles. The first kappa shape index (κ1) is 23.1. The normalized spacial score (nSPS) is 17.1. The summed E-state index contributed by atoms with van der Waals surface area (Å²) in [5.41, 5.74) is 3.28. The van der Waals surface area contributed by atoms with Crippen molar-refractivity contribution in [2.24, 2.45) is 5.92 Å². The standard InChI is InChI=1S/C26H28N4O2S2/c1-15-8-11-18(12-16(15)2)30-24(32)22-19-6-4-5-7-20(19)34-23(22)28-25(30)33-13-21(31)29-26(3,14-27)17-9-10-17/h8,11-12,17H,4-7,9-10,13H2,1-3H3,(H,29,31). The van der Waals surface area contributed by atoms with Crippen LogP contribution in [0.25, 0.3) is 15.9 Å². The van der Waals surface area contributed by atoms with Gasteiger partial charge in [0.2, 0.25) is 5.91 Å². The van der Waals surface area contributed by atoms with Gasteiger partial charge < -0.3 is 5.32 Å². The van der Waals surface area contributed by atoms with E-state index in [2.05, 4.69) is 11.4 Å². The first-order valence-electron chi connectivity index (χ1n) is 11.8. The zero-order valence-corrected chi connectivity index (χ0v) is 21.4. The highest BCUT2D eigenvalue weighted by Crippen LogP contribution is 2.39. The fourth-order valence-corrected chi connectivity index (χ4v) is 6.83. The summed E-state index contributed by atoms with van der Waals surface area (Å²) in [6, 6.07) is 8.23. The van der Waals surface area contributed by atoms with Gasteiger partial charge in [-0.1, -0.05) is 17.8 Å². The van der Waals surface area contributed by atoms with Gasteiger partial charge in [0.1, 0.15) is 10.4 Å². The van der Waals surface area contributed by atoms with E-state index >= 15 is 0 Å². The Kier molecular flexibility index (Phi) is 6.03. The van der Waals surface area contributed by atoms with Crippen LogP contribution < -0.4 is 10.9 Å². The van der Waals surface area contributed by atoms with Gasteiger partial charge in [0.25, 0.3) is 5.56 Å². The van der Waals surface area contributed by atoms with Crippen LogP contribution in [0.3, 0.4) is 0 Å². The summed E-state index contributed by atoms with van der Waals surface area (Å²) < 4.78 is 1.67. The molecule has 0 bridgehead atoms. The number of amides is 1. The number of thiophene rings is 1. The summed E-state index contributed by atoms with van der Waals surface area (Å²) in [7, 11) is 0. The average Bonchev–Trinajstić information content (AvgIpc) is 3.61. The van der Waals surface area contributed by atoms with Crippen LogP contribution >= 0.6 is 23.1 Å². The number of aromatic nitrogens is 2. The van der Waals surface area contributed by atoms with Crippen LogP contribution in [0.1, 0.15) is 54.2 Å². The molecule has 34 heavy (non-hydrogen) atoms. The highest BCUT2D eigenvalue weighted by Gasteiger charge is 2.43. The van der Waals surface area contributed by atoms with Crippen LogP contribution in [0.15, 0.2) is 28.2 Å². The molecule has 2 heterocycles. The predicted octanol–water partition coefficient (Wildman–Crippen LogP) is 4.84. The lowest BCUT2D eigenvalue weighted by Crippen LogP contribution is -2.47. The summed E-state index contributed by atoms with van der Waals surface area (Å²) in [4.78, 5) is 33.6. The van der Waals surface area contributed by atoms with Crippen molar-refractivity contribution in [1.29, 1.82) is 5.26 Å². The van der Waals surface area contributed by atoms with Crippen molar-refractivity contribution >= 4 is 39.2 Å². The predicted molar refractivity (Wildman–Crippen MR) is 137 cm³/mol. The Morgan fingerprint density at radius 2 is 2.06 bits per heavy atom. The van der Waals surface area contributed by atoms with Gasteiger partial charge in [0.15, 0.2) is 5.16 Å². The number of hydrogen-bond donors (Lipinski definition) is 1. The average molecular weight is 493 g/mol. The third-order valence-corrected chi connectivity index (χ3v) is 9.19. The quantitative estimate of drug-likeness (QED) is 0.393. The number of aryl methyl sites for hydroxylation is 4. The monoisotopic (exact) mass is 492 g/mol. The van der Waals surface area contributed by atoms with Crippen LogP contribution in [-0.4, -0.2) is 26.8 Å². The van der Waals surface area contributed by atoms with E-state index < -0.39 is 5.54 Å². The fourth-order valence-electron chi connectivity index (χ4n) is 4.71. The molecule has 2 aliphatic rings. The zero-order valence-electron chi connectivity index (χ0n) is 19.7. The van der Waals surface area contributed by atoms with Gasteiger partial charge in [-0.3, -0.25) is 14.2 Å². The number of thioether (sulfide) groups is 1. The first-order chi connectivity index (χ1) is 16.3. The van der Waals surface area contributed by atoms with E-state index in [1.54, 1.807) is 22.8 Å². The van der Waals surface area contributed by atoms with E-state index in [0.29, 0.717) is 5.16 Å². The van der Waals surface area contributed by atoms with E-state index in [4.69, 9.17) is 4.98 Å². The molecule has 1 N–H and O–H groups in total. The Morgan fingerprint density at radius 1 is 1.29 bits per heavy atom. The lowest BCUT2D eigenvalue weighted by Gasteiger charge is -2.22. The maximum atomic E-state index is 13.9. The maximum absolute atomic E-state index is 13.9. The Hall–Kier alpha value is -2.63. The van der Waals surface area contributed by atoms with Crippen molar-refractivity contribution in [1.82, 2.24) is 14.9 Å². The summed E-state index contributed by atoms with van der Waals surface area (Å²) in [6.45, 7) is 5.87. The van der Waals surface area contributed by atoms with E-state index in [9.17, 15) is 14.9 Å². The molecule has 176 valence electrons. The molecule has 1 atom stereocenters. The highest BCUT2D eigenvalue weighted by atomic mass is 32.2. The number of carbonyl (C=O) groups excluding carboxylic acids is 1. The van der Waals surface area contributed by atoms with Gasteiger partial charge >= 0.3 is 0 Å². The largest absolute Gasteiger partial charge is 0.337 e. The molecule has 0 spiro atoms. The third-order valence-electron chi connectivity index (χ3n) is 7.06. The van der Waals surface area contributed by atoms with Gasteiger partial charge in [-0.15, -0.1) is 11.3 Å². The number of nitriles is 1. The minimum atomic E-state index is -0.838. The summed E-state index contributed by atoms with van der Waals surface area (Å²) in [6.07, 6.45) is 6.08. The van der Waals surface area contributed by atoms with Crippen molar-refractivity contribution in [2.75, 3.05) is 5.75 Å². The molecule has 1 amide bonds. The minimum absolute atomic E-state index is 0.0598. The van der Waals surface area contributed by atoms with Crippen LogP contribution in [0.5, 0.6) is 0 Å². The van der Waals surface area contributed by atoms with Crippen molar-refractivity contribution in [2.45, 2.75) is 70.0 Å². The fraction of sp³-hybridized carbons (Fsp3) is 0.462. The van der Waals surface area contributed by atoms with E-state index in [1.165, 1.54) is 16.6 Å². The molecule has 1 unspecified atom stereocenters. The number of hydrogen-bond acceptors (Lipinski definition) is 6. The summed E-state index contributed by atoms with van der Waals surface area (Å²) in [5.74, 6) is 0.0946. The van der Waals surface area contributed by atoms with Crippen LogP contribution in [0.2, 0.25) is 0 Å². The summed E-state index contributed by atoms with van der Waals surface area (Å²) in [5, 5.41) is 13.7. The van der Waals surface area contributed by atoms with Crippen molar-refractivity contribution in [3.63, 3.8) is 0 Å². The molecule has 0 saturated heterocycles. The van der Waals surface area contributed by atoms with Gasteiger partial charge in [0.05, 0.1) is 22.9 Å². The second-order valence-corrected chi connectivity index (χ2v) is 11.6. The second-order valence-electron chi connectivity index (χ2n) is 9.62. The minimum Gasteiger partial charge on any atom is -0.337 e. The van der Waals surface area contributed by atoms with Crippen molar-refractivity contribution in [3.8, 4) is 11.8 Å². The molecule has 3 aromatic rings. The molecular weight excluding hydrogens is 464 g/mol. The summed E-state index contributed by atoms with van der Waals surface area (Å²) >= 11 is 2.87. The molecule has 2 aromatic heterocycles. The van der Waals surface area contributed by atoms with Crippen molar-refractivity contribution in [3.05, 3.63) is 50.1 Å². The van der Waals surface area contributed by atoms with E-state index in [0.717, 1.165) is 71.1 Å². The van der Waals surface area contributed by atoms with Crippen molar-refractivity contribution < 1.29 is 4.79 Å². The topological polar surface area (TPSA) is 87.8 Å². The number of rotatable bonds is 6. The molecule has 5 rings (SSSR count). The van der Waals surface area contributed by atoms with Gasteiger partial charge in [-0.05, 0) is 94.0 Å². The van der Waals surface area contributed by atoms with Gasteiger partial charge in [0, 0.05) is 4.88 Å². The maximum Gasteiger partial charge on any atom is 0.267 e.